The third-order valence-corrected chi connectivity index (χ3v) is 6.24. The smallest absolute Gasteiger partial charge is 0.0195 e. The van der Waals surface area contributed by atoms with Gasteiger partial charge in [-0.15, -0.1) is 0 Å². The second-order valence-corrected chi connectivity index (χ2v) is 7.92. The van der Waals surface area contributed by atoms with E-state index in [4.69, 9.17) is 0 Å². The maximum Gasteiger partial charge on any atom is 0.0195 e. The Morgan fingerprint density at radius 2 is 1.90 bits per heavy atom. The maximum absolute atomic E-state index is 3.90. The zero-order valence-corrected chi connectivity index (χ0v) is 12.9. The Kier molecular flexibility index (Phi) is 2.79. The average molecular weight is 269 g/mol. The van der Waals surface area contributed by atoms with Crippen LogP contribution in [-0.4, -0.2) is 12.1 Å². The summed E-state index contributed by atoms with van der Waals surface area (Å²) in [6, 6.07) is 9.37. The molecule has 4 saturated carbocycles. The van der Waals surface area contributed by atoms with Crippen LogP contribution in [0.3, 0.4) is 0 Å². The molecule has 108 valence electrons. The van der Waals surface area contributed by atoms with Gasteiger partial charge in [0.2, 0.25) is 0 Å². The van der Waals surface area contributed by atoms with Gasteiger partial charge in [0, 0.05) is 5.54 Å². The molecule has 0 spiro atoms. The predicted octanol–water partition coefficient (Wildman–Crippen LogP) is 4.19. The van der Waals surface area contributed by atoms with E-state index in [0.29, 0.717) is 11.0 Å². The molecule has 1 nitrogen and oxygen atoms in total. The highest BCUT2D eigenvalue weighted by molar-refractivity contribution is 5.34. The summed E-state index contributed by atoms with van der Waals surface area (Å²) in [6.45, 7) is 5.64. The van der Waals surface area contributed by atoms with Crippen molar-refractivity contribution in [3.8, 4) is 0 Å². The van der Waals surface area contributed by atoms with Crippen molar-refractivity contribution in [2.24, 2.45) is 11.8 Å². The van der Waals surface area contributed by atoms with Gasteiger partial charge in [0.25, 0.3) is 0 Å². The lowest BCUT2D eigenvalue weighted by atomic mass is 9.45. The lowest BCUT2D eigenvalue weighted by Gasteiger charge is -2.62. The van der Waals surface area contributed by atoms with Crippen LogP contribution in [0.4, 0.5) is 0 Å². The Labute approximate surface area is 123 Å². The third kappa shape index (κ3) is 1.86. The summed E-state index contributed by atoms with van der Waals surface area (Å²) < 4.78 is 0. The standard InChI is InChI=1S/C19H27N/c1-3-20-19-11-15-8-16(12-19)10-18(9-15,13-19)17-6-4-5-14(2)7-17/h4-7,15-16,20H,3,8-13H2,1-2H3. The van der Waals surface area contributed by atoms with Gasteiger partial charge < -0.3 is 5.32 Å². The van der Waals surface area contributed by atoms with E-state index < -0.39 is 0 Å². The Bertz CT molecular complexity index is 504. The molecule has 0 radical (unpaired) electrons. The molecule has 1 aromatic carbocycles. The van der Waals surface area contributed by atoms with Gasteiger partial charge in [0.05, 0.1) is 0 Å². The summed E-state index contributed by atoms with van der Waals surface area (Å²) in [5.41, 5.74) is 4.01. The van der Waals surface area contributed by atoms with E-state index in [0.717, 1.165) is 18.4 Å². The molecule has 0 aliphatic heterocycles. The van der Waals surface area contributed by atoms with E-state index in [1.54, 1.807) is 5.56 Å². The van der Waals surface area contributed by atoms with Crippen LogP contribution in [0.15, 0.2) is 24.3 Å². The molecular formula is C19H27N. The number of rotatable bonds is 3. The van der Waals surface area contributed by atoms with E-state index in [9.17, 15) is 0 Å². The van der Waals surface area contributed by atoms with Gasteiger partial charge >= 0.3 is 0 Å². The van der Waals surface area contributed by atoms with Crippen LogP contribution in [0.5, 0.6) is 0 Å². The van der Waals surface area contributed by atoms with Gasteiger partial charge in [-0.05, 0) is 74.8 Å². The summed E-state index contributed by atoms with van der Waals surface area (Å²) >= 11 is 0. The maximum atomic E-state index is 3.90. The fourth-order valence-electron chi connectivity index (χ4n) is 6.16. The summed E-state index contributed by atoms with van der Waals surface area (Å²) in [5.74, 6) is 1.94. The van der Waals surface area contributed by atoms with Crippen LogP contribution in [-0.2, 0) is 5.41 Å². The molecule has 1 aromatic rings. The first-order valence-electron chi connectivity index (χ1n) is 8.45. The molecule has 0 aromatic heterocycles. The predicted molar refractivity (Wildman–Crippen MR) is 83.9 cm³/mol. The first-order valence-corrected chi connectivity index (χ1v) is 8.45. The second kappa shape index (κ2) is 4.34. The van der Waals surface area contributed by atoms with Crippen molar-refractivity contribution >= 4 is 0 Å². The minimum atomic E-state index is 0.461. The van der Waals surface area contributed by atoms with Gasteiger partial charge in [0.15, 0.2) is 0 Å². The lowest BCUT2D eigenvalue weighted by Crippen LogP contribution is -2.63. The van der Waals surface area contributed by atoms with Crippen molar-refractivity contribution in [1.29, 1.82) is 0 Å². The first kappa shape index (κ1) is 12.9. The highest BCUT2D eigenvalue weighted by Crippen LogP contribution is 2.62. The summed E-state index contributed by atoms with van der Waals surface area (Å²) in [4.78, 5) is 0. The Balaban J connectivity index is 1.75. The summed E-state index contributed by atoms with van der Waals surface area (Å²) in [7, 11) is 0. The highest BCUT2D eigenvalue weighted by atomic mass is 15.0. The van der Waals surface area contributed by atoms with Crippen LogP contribution in [0.2, 0.25) is 0 Å². The number of aryl methyl sites for hydroxylation is 1. The van der Waals surface area contributed by atoms with Crippen molar-refractivity contribution in [2.45, 2.75) is 63.3 Å². The van der Waals surface area contributed by atoms with Gasteiger partial charge in [-0.25, -0.2) is 0 Å². The van der Waals surface area contributed by atoms with E-state index in [1.165, 1.54) is 44.1 Å². The van der Waals surface area contributed by atoms with E-state index in [1.807, 2.05) is 0 Å². The van der Waals surface area contributed by atoms with Crippen LogP contribution < -0.4 is 5.32 Å². The van der Waals surface area contributed by atoms with Crippen LogP contribution in [0.1, 0.15) is 56.6 Å². The minimum Gasteiger partial charge on any atom is -0.311 e. The molecule has 2 atom stereocenters. The average Bonchev–Trinajstić information content (AvgIpc) is 2.37. The largest absolute Gasteiger partial charge is 0.311 e. The number of benzene rings is 1. The van der Waals surface area contributed by atoms with Crippen molar-refractivity contribution < 1.29 is 0 Å². The van der Waals surface area contributed by atoms with Crippen LogP contribution in [0, 0.1) is 18.8 Å². The molecule has 4 aliphatic rings. The van der Waals surface area contributed by atoms with E-state index in [-0.39, 0.29) is 0 Å². The second-order valence-electron chi connectivity index (χ2n) is 7.92. The highest BCUT2D eigenvalue weighted by Gasteiger charge is 2.57. The Hall–Kier alpha value is -0.820. The van der Waals surface area contributed by atoms with Crippen LogP contribution >= 0.6 is 0 Å². The Morgan fingerprint density at radius 1 is 1.15 bits per heavy atom. The molecule has 5 rings (SSSR count). The molecule has 20 heavy (non-hydrogen) atoms. The molecule has 0 heterocycles. The minimum absolute atomic E-state index is 0.461. The molecule has 4 fully saturated rings. The van der Waals surface area contributed by atoms with Gasteiger partial charge in [-0.3, -0.25) is 0 Å². The third-order valence-electron chi connectivity index (χ3n) is 6.24. The molecule has 0 amide bonds. The fourth-order valence-corrected chi connectivity index (χ4v) is 6.16. The van der Waals surface area contributed by atoms with E-state index in [2.05, 4.69) is 43.4 Å². The normalized spacial score (nSPS) is 42.1. The monoisotopic (exact) mass is 269 g/mol. The van der Waals surface area contributed by atoms with Crippen molar-refractivity contribution in [3.63, 3.8) is 0 Å². The molecule has 0 saturated heterocycles. The fraction of sp³-hybridized carbons (Fsp3) is 0.684. The van der Waals surface area contributed by atoms with Crippen molar-refractivity contribution in [1.82, 2.24) is 5.32 Å². The lowest BCUT2D eigenvalue weighted by molar-refractivity contribution is -0.0399. The van der Waals surface area contributed by atoms with Gasteiger partial charge in [0.1, 0.15) is 0 Å². The quantitative estimate of drug-likeness (QED) is 0.867. The van der Waals surface area contributed by atoms with Crippen LogP contribution in [0.25, 0.3) is 0 Å². The zero-order valence-electron chi connectivity index (χ0n) is 12.9. The topological polar surface area (TPSA) is 12.0 Å². The van der Waals surface area contributed by atoms with E-state index >= 15 is 0 Å². The number of hydrogen-bond donors (Lipinski definition) is 1. The van der Waals surface area contributed by atoms with Crippen molar-refractivity contribution in [2.75, 3.05) is 6.54 Å². The summed E-state index contributed by atoms with van der Waals surface area (Å²) in [5, 5.41) is 3.90. The number of nitrogens with one attached hydrogen (secondary N) is 1. The molecular weight excluding hydrogens is 242 g/mol. The SMILES string of the molecule is CCNC12CC3CC(C1)CC(c1cccc(C)c1)(C3)C2. The molecule has 1 N–H and O–H groups in total. The first-order chi connectivity index (χ1) is 9.63. The molecule has 4 aliphatic carbocycles. The summed E-state index contributed by atoms with van der Waals surface area (Å²) in [6.07, 6.45) is 8.64. The van der Waals surface area contributed by atoms with Crippen molar-refractivity contribution in [3.05, 3.63) is 35.4 Å². The zero-order chi connectivity index (χ0) is 13.8. The van der Waals surface area contributed by atoms with Gasteiger partial charge in [-0.2, -0.15) is 0 Å². The molecule has 1 heteroatoms. The van der Waals surface area contributed by atoms with Gasteiger partial charge in [-0.1, -0.05) is 36.8 Å². The molecule has 2 unspecified atom stereocenters. The molecule has 4 bridgehead atoms. The Morgan fingerprint density at radius 3 is 2.55 bits per heavy atom. The number of hydrogen-bond acceptors (Lipinski definition) is 1.